The zero-order valence-corrected chi connectivity index (χ0v) is 39.8. The molecule has 3 N–H and O–H groups in total. The average Bonchev–Trinajstić information content (AvgIpc) is 3.72. The summed E-state index contributed by atoms with van der Waals surface area (Å²) >= 11 is 0. The minimum absolute atomic E-state index is 0.00544. The Kier molecular flexibility index (Phi) is 22.2. The number of hydrogen-bond donors (Lipinski definition) is 3. The fraction of sp³-hybridized carbons (Fsp3) is 0.620. The highest BCUT2D eigenvalue weighted by Crippen LogP contribution is 2.30. The molecule has 1 heterocycles. The molecule has 350 valence electrons. The smallest absolute Gasteiger partial charge is 0.303 e. The van der Waals surface area contributed by atoms with E-state index in [4.69, 9.17) is 14.6 Å². The summed E-state index contributed by atoms with van der Waals surface area (Å²) in [6.45, 7) is 14.6. The molecule has 0 bridgehead atoms. The SMILES string of the molecule is CC[C@H](C)[C@@H]([C@@H](CC(=O)N1CCC[C@H]1[C@H](OC)[C@@H](C)C(=O)N[C@H](/C=C\c1ccccc1)Cc1ccccc1)OC)N(C)[C@H](C(=O)NC(=O)[C@H](C(C)C)N(C)CCCC(=O)O)C(C)C. The fourth-order valence-electron chi connectivity index (χ4n) is 9.38. The van der Waals surface area contributed by atoms with Crippen LogP contribution in [0.1, 0.15) is 98.1 Å². The van der Waals surface area contributed by atoms with Gasteiger partial charge in [-0.1, -0.05) is 128 Å². The number of aliphatic carboxylic acids is 1. The first kappa shape index (κ1) is 52.9. The minimum Gasteiger partial charge on any atom is -0.481 e. The summed E-state index contributed by atoms with van der Waals surface area (Å²) < 4.78 is 12.2. The second kappa shape index (κ2) is 26.4. The van der Waals surface area contributed by atoms with Gasteiger partial charge in [-0.15, -0.1) is 0 Å². The largest absolute Gasteiger partial charge is 0.481 e. The predicted octanol–water partition coefficient (Wildman–Crippen LogP) is 6.31. The number of rotatable bonds is 26. The molecule has 0 aliphatic carbocycles. The zero-order chi connectivity index (χ0) is 46.8. The number of methoxy groups -OCH3 is 2. The first-order chi connectivity index (χ1) is 29.9. The quantitative estimate of drug-likeness (QED) is 0.0979. The van der Waals surface area contributed by atoms with Crippen LogP contribution in [0.4, 0.5) is 0 Å². The van der Waals surface area contributed by atoms with E-state index in [9.17, 15) is 24.0 Å². The van der Waals surface area contributed by atoms with E-state index in [1.54, 1.807) is 26.2 Å². The number of likely N-dealkylation sites (N-methyl/N-ethyl adjacent to an activating group) is 2. The van der Waals surface area contributed by atoms with Crippen LogP contribution in [-0.4, -0.2) is 133 Å². The van der Waals surface area contributed by atoms with Gasteiger partial charge in [0, 0.05) is 33.2 Å². The van der Waals surface area contributed by atoms with E-state index in [2.05, 4.69) is 24.5 Å². The lowest BCUT2D eigenvalue weighted by atomic mass is 9.87. The van der Waals surface area contributed by atoms with Crippen LogP contribution in [-0.2, 0) is 39.9 Å². The van der Waals surface area contributed by atoms with Crippen molar-refractivity contribution < 1.29 is 38.6 Å². The third kappa shape index (κ3) is 15.7. The Morgan fingerprint density at radius 3 is 2.02 bits per heavy atom. The van der Waals surface area contributed by atoms with Crippen LogP contribution in [0.25, 0.3) is 6.08 Å². The summed E-state index contributed by atoms with van der Waals surface area (Å²) in [5.74, 6) is -2.94. The number of nitrogens with zero attached hydrogens (tertiary/aromatic N) is 3. The van der Waals surface area contributed by atoms with Crippen molar-refractivity contribution >= 4 is 35.7 Å². The molecule has 0 unspecified atom stereocenters. The number of likely N-dealkylation sites (tertiary alicyclic amines) is 1. The Labute approximate surface area is 377 Å². The molecule has 3 rings (SSSR count). The van der Waals surface area contributed by atoms with Crippen LogP contribution in [0, 0.1) is 23.7 Å². The number of carbonyl (C=O) groups is 5. The highest BCUT2D eigenvalue weighted by Gasteiger charge is 2.43. The first-order valence-corrected chi connectivity index (χ1v) is 22.9. The molecule has 1 aliphatic heterocycles. The molecule has 13 heteroatoms. The van der Waals surface area contributed by atoms with Crippen molar-refractivity contribution in [2.45, 2.75) is 136 Å². The van der Waals surface area contributed by atoms with Gasteiger partial charge in [-0.3, -0.25) is 39.1 Å². The molecule has 1 fully saturated rings. The van der Waals surface area contributed by atoms with Crippen molar-refractivity contribution in [3.63, 3.8) is 0 Å². The molecule has 63 heavy (non-hydrogen) atoms. The molecular weight excluding hydrogens is 799 g/mol. The maximum atomic E-state index is 14.5. The van der Waals surface area contributed by atoms with Gasteiger partial charge in [-0.2, -0.15) is 0 Å². The molecule has 1 aliphatic rings. The second-order valence-electron chi connectivity index (χ2n) is 18.1. The zero-order valence-electron chi connectivity index (χ0n) is 39.8. The average molecular weight is 876 g/mol. The van der Waals surface area contributed by atoms with Crippen molar-refractivity contribution in [3.8, 4) is 0 Å². The number of imide groups is 1. The Morgan fingerprint density at radius 1 is 0.857 bits per heavy atom. The van der Waals surface area contributed by atoms with E-state index in [1.165, 1.54) is 0 Å². The number of nitrogens with one attached hydrogen (secondary N) is 2. The lowest BCUT2D eigenvalue weighted by molar-refractivity contribution is -0.144. The summed E-state index contributed by atoms with van der Waals surface area (Å²) in [5, 5.41) is 15.1. The summed E-state index contributed by atoms with van der Waals surface area (Å²) in [4.78, 5) is 73.1. The Balaban J connectivity index is 1.80. The van der Waals surface area contributed by atoms with Crippen LogP contribution in [0.15, 0.2) is 66.7 Å². The fourth-order valence-corrected chi connectivity index (χ4v) is 9.38. The van der Waals surface area contributed by atoms with Gasteiger partial charge in [0.2, 0.25) is 23.6 Å². The van der Waals surface area contributed by atoms with Gasteiger partial charge < -0.3 is 24.8 Å². The molecule has 9 atom stereocenters. The summed E-state index contributed by atoms with van der Waals surface area (Å²) in [6, 6.07) is 17.7. The number of carboxylic acids is 1. The number of carboxylic acid groups (broad SMARTS) is 1. The van der Waals surface area contributed by atoms with Crippen molar-refractivity contribution in [1.29, 1.82) is 0 Å². The maximum Gasteiger partial charge on any atom is 0.303 e. The standard InChI is InChI=1S/C50H77N5O8/c1-12-35(6)46(54(9)45(34(4)5)50(61)52-49(60)44(33(2)3)53(8)29-20-26-43(57)58)41(62-10)32-42(56)55-30-19-25-40(55)47(63-11)36(7)48(59)51-39(31-38-23-17-14-18-24-38)28-27-37-21-15-13-16-22-37/h13-18,21-24,27-28,33-36,39-41,44-47H,12,19-20,25-26,29-32H2,1-11H3,(H,51,59)(H,57,58)(H,52,60,61)/b28-27-/t35-,36+,39+,40-,41+,44-,45-,46-,47+/m0/s1. The van der Waals surface area contributed by atoms with Gasteiger partial charge in [-0.05, 0) is 75.2 Å². The molecule has 2 aromatic carbocycles. The molecular formula is C50H77N5O8. The van der Waals surface area contributed by atoms with Crippen LogP contribution in [0.2, 0.25) is 0 Å². The van der Waals surface area contributed by atoms with Gasteiger partial charge in [0.1, 0.15) is 0 Å². The van der Waals surface area contributed by atoms with E-state index < -0.39 is 48.0 Å². The van der Waals surface area contributed by atoms with E-state index >= 15 is 0 Å². The van der Waals surface area contributed by atoms with Crippen molar-refractivity contribution in [3.05, 3.63) is 77.9 Å². The third-order valence-corrected chi connectivity index (χ3v) is 12.7. The Morgan fingerprint density at radius 2 is 1.46 bits per heavy atom. The summed E-state index contributed by atoms with van der Waals surface area (Å²) in [6.07, 6.45) is 6.12. The normalized spacial score (nSPS) is 18.3. The van der Waals surface area contributed by atoms with Crippen molar-refractivity contribution in [1.82, 2.24) is 25.3 Å². The second-order valence-corrected chi connectivity index (χ2v) is 18.1. The number of amides is 4. The van der Waals surface area contributed by atoms with Gasteiger partial charge in [0.25, 0.3) is 0 Å². The highest BCUT2D eigenvalue weighted by atomic mass is 16.5. The minimum atomic E-state index is -0.899. The van der Waals surface area contributed by atoms with Gasteiger partial charge in [0.05, 0.1) is 48.7 Å². The number of benzene rings is 2. The first-order valence-electron chi connectivity index (χ1n) is 22.9. The number of carbonyl (C=O) groups excluding carboxylic acids is 4. The van der Waals surface area contributed by atoms with Crippen LogP contribution in [0.3, 0.4) is 0 Å². The molecule has 4 amide bonds. The van der Waals surface area contributed by atoms with Crippen molar-refractivity contribution in [2.24, 2.45) is 23.7 Å². The maximum absolute atomic E-state index is 14.5. The van der Waals surface area contributed by atoms with Crippen molar-refractivity contribution in [2.75, 3.05) is 41.4 Å². The molecule has 13 nitrogen and oxygen atoms in total. The number of hydrogen-bond acceptors (Lipinski definition) is 9. The lowest BCUT2D eigenvalue weighted by Crippen LogP contribution is -2.60. The third-order valence-electron chi connectivity index (χ3n) is 12.7. The van der Waals surface area contributed by atoms with E-state index in [0.29, 0.717) is 32.4 Å². The molecule has 0 aromatic heterocycles. The monoisotopic (exact) mass is 876 g/mol. The number of ether oxygens (including phenoxy) is 2. The summed E-state index contributed by atoms with van der Waals surface area (Å²) in [5.41, 5.74) is 2.13. The molecule has 0 spiro atoms. The van der Waals surface area contributed by atoms with Crippen LogP contribution in [0.5, 0.6) is 0 Å². The Hall–Kier alpha value is -4.43. The van der Waals surface area contributed by atoms with E-state index in [0.717, 1.165) is 24.0 Å². The van der Waals surface area contributed by atoms with Gasteiger partial charge >= 0.3 is 5.97 Å². The van der Waals surface area contributed by atoms with Crippen LogP contribution >= 0.6 is 0 Å². The van der Waals surface area contributed by atoms with Crippen LogP contribution < -0.4 is 10.6 Å². The molecule has 0 radical (unpaired) electrons. The molecule has 2 aromatic rings. The predicted molar refractivity (Wildman–Crippen MR) is 249 cm³/mol. The molecule has 0 saturated carbocycles. The highest BCUT2D eigenvalue weighted by molar-refractivity contribution is 6.00. The van der Waals surface area contributed by atoms with Gasteiger partial charge in [-0.25, -0.2) is 0 Å². The summed E-state index contributed by atoms with van der Waals surface area (Å²) in [7, 11) is 6.82. The van der Waals surface area contributed by atoms with E-state index in [-0.39, 0.29) is 60.5 Å². The topological polar surface area (TPSA) is 158 Å². The van der Waals surface area contributed by atoms with Gasteiger partial charge in [0.15, 0.2) is 0 Å². The Bertz CT molecular complexity index is 1760. The lowest BCUT2D eigenvalue weighted by Gasteiger charge is -2.43. The van der Waals surface area contributed by atoms with E-state index in [1.807, 2.05) is 124 Å². The molecule has 1 saturated heterocycles.